The smallest absolute Gasteiger partial charge is 0.178 e. The Hall–Kier alpha value is -0.720. The van der Waals surface area contributed by atoms with Gasteiger partial charge in [-0.1, -0.05) is 6.92 Å². The van der Waals surface area contributed by atoms with Crippen LogP contribution in [0, 0.1) is 0 Å². The molecule has 1 aliphatic rings. The van der Waals surface area contributed by atoms with E-state index < -0.39 is 9.84 Å². The highest BCUT2D eigenvalue weighted by molar-refractivity contribution is 7.99. The van der Waals surface area contributed by atoms with Crippen molar-refractivity contribution in [3.8, 4) is 0 Å². The van der Waals surface area contributed by atoms with E-state index in [1.165, 1.54) is 24.6 Å². The molecule has 1 aromatic rings. The van der Waals surface area contributed by atoms with Gasteiger partial charge in [0.2, 0.25) is 0 Å². The molecule has 0 saturated carbocycles. The summed E-state index contributed by atoms with van der Waals surface area (Å²) in [5.74, 6) is 2.67. The lowest BCUT2D eigenvalue weighted by Crippen LogP contribution is -2.36. The van der Waals surface area contributed by atoms with Gasteiger partial charge in [-0.2, -0.15) is 11.8 Å². The molecular weight excluding hydrogens is 304 g/mol. The van der Waals surface area contributed by atoms with Gasteiger partial charge in [0.05, 0.1) is 10.6 Å². The van der Waals surface area contributed by atoms with E-state index in [-0.39, 0.29) is 5.75 Å². The van der Waals surface area contributed by atoms with Crippen LogP contribution in [0.4, 0.5) is 5.69 Å². The molecule has 118 valence electrons. The summed E-state index contributed by atoms with van der Waals surface area (Å²) >= 11 is 2.02. The molecule has 0 aliphatic carbocycles. The normalized spacial score (nSPS) is 16.8. The molecule has 0 amide bonds. The van der Waals surface area contributed by atoms with Crippen molar-refractivity contribution in [1.29, 1.82) is 0 Å². The van der Waals surface area contributed by atoms with E-state index in [2.05, 4.69) is 10.2 Å². The van der Waals surface area contributed by atoms with E-state index in [0.29, 0.717) is 11.3 Å². The third kappa shape index (κ3) is 5.20. The van der Waals surface area contributed by atoms with Gasteiger partial charge in [0.25, 0.3) is 0 Å². The fourth-order valence-corrected chi connectivity index (χ4v) is 4.65. The van der Waals surface area contributed by atoms with Crippen LogP contribution in [0.5, 0.6) is 0 Å². The fourth-order valence-electron chi connectivity index (χ4n) is 2.35. The molecular formula is C15H24N2O2S2. The van der Waals surface area contributed by atoms with Gasteiger partial charge in [-0.25, -0.2) is 8.42 Å². The Morgan fingerprint density at radius 1 is 1.19 bits per heavy atom. The molecule has 0 aromatic heterocycles. The number of anilines is 1. The lowest BCUT2D eigenvalue weighted by atomic mass is 10.3. The second-order valence-electron chi connectivity index (χ2n) is 5.22. The minimum Gasteiger partial charge on any atom is -0.384 e. The first kappa shape index (κ1) is 16.6. The van der Waals surface area contributed by atoms with E-state index in [0.717, 1.165) is 18.8 Å². The first-order valence-electron chi connectivity index (χ1n) is 7.48. The Balaban J connectivity index is 1.82. The zero-order chi connectivity index (χ0) is 15.1. The van der Waals surface area contributed by atoms with Crippen LogP contribution in [0.15, 0.2) is 29.2 Å². The third-order valence-electron chi connectivity index (χ3n) is 3.55. The Labute approximate surface area is 132 Å². The number of nitrogens with zero attached hydrogens (tertiary/aromatic N) is 1. The summed E-state index contributed by atoms with van der Waals surface area (Å²) < 4.78 is 23.9. The van der Waals surface area contributed by atoms with Crippen LogP contribution < -0.4 is 5.32 Å². The number of rotatable bonds is 7. The van der Waals surface area contributed by atoms with Crippen LogP contribution in [0.1, 0.15) is 13.3 Å². The van der Waals surface area contributed by atoms with Crippen LogP contribution in [0.2, 0.25) is 0 Å². The zero-order valence-corrected chi connectivity index (χ0v) is 14.2. The number of thioether (sulfide) groups is 1. The van der Waals surface area contributed by atoms with Gasteiger partial charge in [0, 0.05) is 43.4 Å². The molecule has 2 rings (SSSR count). The standard InChI is InChI=1S/C15H24N2O2S2/c1-2-13-21(18,19)15-5-3-14(4-6-15)16-7-8-17-9-11-20-12-10-17/h3-6,16H,2,7-13H2,1H3. The van der Waals surface area contributed by atoms with Crippen LogP contribution in [-0.4, -0.2) is 56.8 Å². The average molecular weight is 329 g/mol. The number of hydrogen-bond acceptors (Lipinski definition) is 5. The lowest BCUT2D eigenvalue weighted by molar-refractivity contribution is 0.314. The first-order valence-corrected chi connectivity index (χ1v) is 10.3. The minimum atomic E-state index is -3.10. The van der Waals surface area contributed by atoms with E-state index in [9.17, 15) is 8.42 Å². The average Bonchev–Trinajstić information content (AvgIpc) is 2.49. The van der Waals surface area contributed by atoms with Crippen molar-refractivity contribution in [3.63, 3.8) is 0 Å². The van der Waals surface area contributed by atoms with Crippen LogP contribution in [0.25, 0.3) is 0 Å². The topological polar surface area (TPSA) is 49.4 Å². The number of sulfone groups is 1. The molecule has 21 heavy (non-hydrogen) atoms. The Morgan fingerprint density at radius 2 is 1.86 bits per heavy atom. The molecule has 1 aliphatic heterocycles. The summed E-state index contributed by atoms with van der Waals surface area (Å²) in [6.45, 7) is 6.15. The largest absolute Gasteiger partial charge is 0.384 e. The van der Waals surface area contributed by atoms with Gasteiger partial charge in [-0.15, -0.1) is 0 Å². The molecule has 0 bridgehead atoms. The molecule has 1 saturated heterocycles. The maximum absolute atomic E-state index is 11.9. The summed E-state index contributed by atoms with van der Waals surface area (Å²) in [5, 5.41) is 3.36. The van der Waals surface area contributed by atoms with Gasteiger partial charge in [-0.3, -0.25) is 4.90 Å². The molecule has 4 nitrogen and oxygen atoms in total. The summed E-state index contributed by atoms with van der Waals surface area (Å²) in [4.78, 5) is 2.88. The lowest BCUT2D eigenvalue weighted by Gasteiger charge is -2.26. The molecule has 0 atom stereocenters. The van der Waals surface area contributed by atoms with E-state index >= 15 is 0 Å². The molecule has 1 heterocycles. The Bertz CT molecular complexity index is 523. The van der Waals surface area contributed by atoms with E-state index in [1.807, 2.05) is 30.8 Å². The molecule has 0 radical (unpaired) electrons. The number of hydrogen-bond donors (Lipinski definition) is 1. The van der Waals surface area contributed by atoms with Crippen LogP contribution in [0.3, 0.4) is 0 Å². The minimum absolute atomic E-state index is 0.215. The van der Waals surface area contributed by atoms with E-state index in [1.54, 1.807) is 12.1 Å². The van der Waals surface area contributed by atoms with E-state index in [4.69, 9.17) is 0 Å². The van der Waals surface area contributed by atoms with Gasteiger partial charge in [0.1, 0.15) is 0 Å². The van der Waals surface area contributed by atoms with Crippen molar-refractivity contribution in [2.24, 2.45) is 0 Å². The second kappa shape index (κ2) is 8.06. The predicted molar refractivity (Wildman–Crippen MR) is 91.0 cm³/mol. The van der Waals surface area contributed by atoms with Crippen molar-refractivity contribution in [2.75, 3.05) is 48.8 Å². The molecule has 1 fully saturated rings. The van der Waals surface area contributed by atoms with Crippen molar-refractivity contribution in [2.45, 2.75) is 18.2 Å². The molecule has 6 heteroatoms. The fraction of sp³-hybridized carbons (Fsp3) is 0.600. The van der Waals surface area contributed by atoms with Crippen LogP contribution in [-0.2, 0) is 9.84 Å². The third-order valence-corrected chi connectivity index (χ3v) is 6.43. The maximum atomic E-state index is 11.9. The summed E-state index contributed by atoms with van der Waals surface area (Å²) in [7, 11) is -3.10. The SMILES string of the molecule is CCCS(=O)(=O)c1ccc(NCCN2CCSCC2)cc1. The van der Waals surface area contributed by atoms with Gasteiger partial charge < -0.3 is 5.32 Å². The first-order chi connectivity index (χ1) is 10.1. The van der Waals surface area contributed by atoms with Crippen molar-refractivity contribution in [1.82, 2.24) is 4.90 Å². The Morgan fingerprint density at radius 3 is 2.48 bits per heavy atom. The predicted octanol–water partition coefficient (Wildman–Crippen LogP) is 2.33. The Kier molecular flexibility index (Phi) is 6.39. The molecule has 0 unspecified atom stereocenters. The van der Waals surface area contributed by atoms with Gasteiger partial charge >= 0.3 is 0 Å². The number of nitrogens with one attached hydrogen (secondary N) is 1. The van der Waals surface area contributed by atoms with Gasteiger partial charge in [0.15, 0.2) is 9.84 Å². The van der Waals surface area contributed by atoms with Gasteiger partial charge in [-0.05, 0) is 30.7 Å². The highest BCUT2D eigenvalue weighted by atomic mass is 32.2. The monoisotopic (exact) mass is 328 g/mol. The highest BCUT2D eigenvalue weighted by Gasteiger charge is 2.12. The van der Waals surface area contributed by atoms with Crippen LogP contribution >= 0.6 is 11.8 Å². The van der Waals surface area contributed by atoms with Crippen molar-refractivity contribution in [3.05, 3.63) is 24.3 Å². The summed E-state index contributed by atoms with van der Waals surface area (Å²) in [5.41, 5.74) is 0.983. The molecule has 0 spiro atoms. The molecule has 1 N–H and O–H groups in total. The summed E-state index contributed by atoms with van der Waals surface area (Å²) in [6.07, 6.45) is 0.649. The highest BCUT2D eigenvalue weighted by Crippen LogP contribution is 2.16. The molecule has 1 aromatic carbocycles. The second-order valence-corrected chi connectivity index (χ2v) is 8.56. The van der Waals surface area contributed by atoms with Crippen molar-refractivity contribution < 1.29 is 8.42 Å². The maximum Gasteiger partial charge on any atom is 0.178 e. The number of benzene rings is 1. The summed E-state index contributed by atoms with van der Waals surface area (Å²) in [6, 6.07) is 7.11. The quantitative estimate of drug-likeness (QED) is 0.832. The zero-order valence-electron chi connectivity index (χ0n) is 12.5. The van der Waals surface area contributed by atoms with Crippen molar-refractivity contribution >= 4 is 27.3 Å².